The average molecular weight is 626 g/mol. The van der Waals surface area contributed by atoms with Crippen LogP contribution in [0.4, 0.5) is 11.4 Å². The van der Waals surface area contributed by atoms with Crippen LogP contribution >= 0.6 is 45.2 Å². The Hall–Kier alpha value is -1.82. The van der Waals surface area contributed by atoms with Crippen LogP contribution in [0.25, 0.3) is 0 Å². The van der Waals surface area contributed by atoms with E-state index in [2.05, 4.69) is 45.2 Å². The molecular formula is C22H16I2N2O4. The summed E-state index contributed by atoms with van der Waals surface area (Å²) in [4.78, 5) is 55.9. The molecule has 0 unspecified atom stereocenters. The lowest BCUT2D eigenvalue weighted by Crippen LogP contribution is -2.65. The zero-order valence-corrected chi connectivity index (χ0v) is 20.4. The third-order valence-corrected chi connectivity index (χ3v) is 8.27. The second kappa shape index (κ2) is 6.35. The molecule has 2 aromatic carbocycles. The number of hydrogen-bond acceptors (Lipinski definition) is 4. The Kier molecular flexibility index (Phi) is 4.25. The number of amides is 4. The number of halogens is 2. The number of anilines is 2. The monoisotopic (exact) mass is 626 g/mol. The van der Waals surface area contributed by atoms with Crippen LogP contribution in [0, 0.1) is 29.8 Å². The average Bonchev–Trinajstić information content (AvgIpc) is 2.98. The third kappa shape index (κ3) is 2.23. The molecule has 1 saturated carbocycles. The van der Waals surface area contributed by atoms with Crippen LogP contribution in [0.15, 0.2) is 48.5 Å². The summed E-state index contributed by atoms with van der Waals surface area (Å²) in [5.41, 5.74) is -1.51. The number of rotatable bonds is 2. The SMILES string of the molecule is CC12C(=O)N(c3ccc(I)cc3)C(=O)C1C1(C)C(=O)N(c3ccc(I)cc3)C(=O)C21. The molecule has 2 aromatic rings. The topological polar surface area (TPSA) is 74.8 Å². The first kappa shape index (κ1) is 20.1. The Morgan fingerprint density at radius 1 is 0.633 bits per heavy atom. The molecule has 30 heavy (non-hydrogen) atoms. The van der Waals surface area contributed by atoms with E-state index in [1.54, 1.807) is 38.1 Å². The highest BCUT2D eigenvalue weighted by atomic mass is 127. The van der Waals surface area contributed by atoms with E-state index < -0.39 is 46.3 Å². The minimum Gasteiger partial charge on any atom is -0.274 e. The van der Waals surface area contributed by atoms with Crippen molar-refractivity contribution in [2.75, 3.05) is 9.80 Å². The van der Waals surface area contributed by atoms with E-state index in [1.165, 1.54) is 0 Å². The van der Waals surface area contributed by atoms with E-state index >= 15 is 0 Å². The predicted molar refractivity (Wildman–Crippen MR) is 126 cm³/mol. The Balaban J connectivity index is 1.58. The van der Waals surface area contributed by atoms with Gasteiger partial charge in [-0.2, -0.15) is 0 Å². The Bertz CT molecular complexity index is 1040. The lowest BCUT2D eigenvalue weighted by atomic mass is 9.41. The van der Waals surface area contributed by atoms with Gasteiger partial charge in [-0.1, -0.05) is 0 Å². The number of imide groups is 2. The summed E-state index contributed by atoms with van der Waals surface area (Å²) < 4.78 is 1.96. The van der Waals surface area contributed by atoms with E-state index in [9.17, 15) is 19.2 Å². The van der Waals surface area contributed by atoms with Gasteiger partial charge in [0.1, 0.15) is 0 Å². The van der Waals surface area contributed by atoms with Gasteiger partial charge in [0.2, 0.25) is 23.6 Å². The molecule has 152 valence electrons. The number of hydrogen-bond donors (Lipinski definition) is 0. The molecular weight excluding hydrogens is 610 g/mol. The maximum Gasteiger partial charge on any atom is 0.241 e. The summed E-state index contributed by atoms with van der Waals surface area (Å²) in [7, 11) is 0. The van der Waals surface area contributed by atoms with Crippen molar-refractivity contribution < 1.29 is 19.2 Å². The number of nitrogens with zero attached hydrogens (tertiary/aromatic N) is 2. The van der Waals surface area contributed by atoms with Gasteiger partial charge in [-0.25, -0.2) is 9.80 Å². The van der Waals surface area contributed by atoms with E-state index in [0.717, 1.165) is 16.9 Å². The first-order chi connectivity index (χ1) is 14.1. The summed E-state index contributed by atoms with van der Waals surface area (Å²) in [6.07, 6.45) is 0. The maximum absolute atomic E-state index is 13.4. The van der Waals surface area contributed by atoms with Crippen molar-refractivity contribution in [3.63, 3.8) is 0 Å². The minimum absolute atomic E-state index is 0.409. The number of benzene rings is 2. The fourth-order valence-electron chi connectivity index (χ4n) is 5.61. The van der Waals surface area contributed by atoms with Crippen molar-refractivity contribution >= 4 is 80.2 Å². The zero-order valence-electron chi connectivity index (χ0n) is 16.1. The number of fused-ring (bicyclic) bond motifs is 4. The van der Waals surface area contributed by atoms with Crippen LogP contribution in [0.3, 0.4) is 0 Å². The van der Waals surface area contributed by atoms with Crippen molar-refractivity contribution in [3.05, 3.63) is 55.7 Å². The van der Waals surface area contributed by atoms with Gasteiger partial charge < -0.3 is 0 Å². The van der Waals surface area contributed by atoms with E-state index in [4.69, 9.17) is 0 Å². The fourth-order valence-corrected chi connectivity index (χ4v) is 6.33. The second-order valence-corrected chi connectivity index (χ2v) is 10.8. The van der Waals surface area contributed by atoms with Gasteiger partial charge in [-0.3, -0.25) is 19.2 Å². The minimum atomic E-state index is -1.22. The molecule has 3 aliphatic rings. The molecule has 3 fully saturated rings. The van der Waals surface area contributed by atoms with Crippen molar-refractivity contribution in [1.29, 1.82) is 0 Å². The number of carbonyl (C=O) groups excluding carboxylic acids is 4. The lowest BCUT2D eigenvalue weighted by molar-refractivity contribution is -0.179. The standard InChI is InChI=1S/C22H16I2N2O4/c1-21-15(17(27)25(19(21)29)13-7-3-11(23)4-8-13)22(2)16(21)18(28)26(20(22)30)14-9-5-12(24)6-10-14/h3-10,15-16H,1-2H3. The molecule has 0 radical (unpaired) electrons. The highest BCUT2D eigenvalue weighted by Crippen LogP contribution is 2.71. The highest BCUT2D eigenvalue weighted by molar-refractivity contribution is 14.1. The summed E-state index contributed by atoms with van der Waals surface area (Å²) in [6.45, 7) is 3.30. The molecule has 1 aliphatic carbocycles. The van der Waals surface area contributed by atoms with Crippen molar-refractivity contribution in [1.82, 2.24) is 0 Å². The Labute approximate surface area is 200 Å². The van der Waals surface area contributed by atoms with Gasteiger partial charge in [-0.05, 0) is 108 Å². The summed E-state index contributed by atoms with van der Waals surface area (Å²) in [5, 5.41) is 0. The Morgan fingerprint density at radius 2 is 0.933 bits per heavy atom. The normalized spacial score (nSPS) is 32.4. The van der Waals surface area contributed by atoms with Crippen molar-refractivity contribution in [3.8, 4) is 0 Å². The van der Waals surface area contributed by atoms with Crippen LogP contribution in [0.5, 0.6) is 0 Å². The van der Waals surface area contributed by atoms with Crippen LogP contribution in [0.2, 0.25) is 0 Å². The van der Waals surface area contributed by atoms with Gasteiger partial charge >= 0.3 is 0 Å². The largest absolute Gasteiger partial charge is 0.274 e. The van der Waals surface area contributed by atoms with Gasteiger partial charge in [0.05, 0.1) is 34.0 Å². The van der Waals surface area contributed by atoms with Gasteiger partial charge in [-0.15, -0.1) is 0 Å². The van der Waals surface area contributed by atoms with Gasteiger partial charge in [0.25, 0.3) is 0 Å². The van der Waals surface area contributed by atoms with E-state index in [0.29, 0.717) is 11.4 Å². The van der Waals surface area contributed by atoms with Gasteiger partial charge in [0, 0.05) is 7.14 Å². The number of carbonyl (C=O) groups is 4. The zero-order chi connectivity index (χ0) is 21.6. The molecule has 0 aromatic heterocycles. The first-order valence-corrected chi connectivity index (χ1v) is 11.6. The summed E-state index contributed by atoms with van der Waals surface area (Å²) in [6, 6.07) is 14.1. The maximum atomic E-state index is 13.4. The Morgan fingerprint density at radius 3 is 1.23 bits per heavy atom. The third-order valence-electron chi connectivity index (χ3n) is 6.83. The fraction of sp³-hybridized carbons (Fsp3) is 0.273. The van der Waals surface area contributed by atoms with E-state index in [-0.39, 0.29) is 0 Å². The van der Waals surface area contributed by atoms with Crippen LogP contribution in [-0.4, -0.2) is 23.6 Å². The van der Waals surface area contributed by atoms with Crippen LogP contribution in [0.1, 0.15) is 13.8 Å². The molecule has 0 spiro atoms. The lowest BCUT2D eigenvalue weighted by Gasteiger charge is -2.53. The summed E-state index contributed by atoms with van der Waals surface area (Å²) >= 11 is 4.30. The molecule has 2 aliphatic heterocycles. The molecule has 0 N–H and O–H groups in total. The van der Waals surface area contributed by atoms with Crippen molar-refractivity contribution in [2.24, 2.45) is 22.7 Å². The molecule has 2 saturated heterocycles. The smallest absolute Gasteiger partial charge is 0.241 e. The molecule has 4 amide bonds. The molecule has 5 rings (SSSR count). The molecule has 0 bridgehead atoms. The summed E-state index contributed by atoms with van der Waals surface area (Å²) in [5.74, 6) is -3.35. The van der Waals surface area contributed by atoms with Crippen LogP contribution in [-0.2, 0) is 19.2 Å². The van der Waals surface area contributed by atoms with E-state index in [1.807, 2.05) is 24.3 Å². The molecule has 0 atom stereocenters. The highest BCUT2D eigenvalue weighted by Gasteiger charge is 2.85. The van der Waals surface area contributed by atoms with Gasteiger partial charge in [0.15, 0.2) is 0 Å². The molecule has 2 heterocycles. The molecule has 6 nitrogen and oxygen atoms in total. The predicted octanol–water partition coefficient (Wildman–Crippen LogP) is 3.60. The first-order valence-electron chi connectivity index (χ1n) is 9.41. The quantitative estimate of drug-likeness (QED) is 0.378. The molecule has 8 heteroatoms. The second-order valence-electron chi connectivity index (χ2n) is 8.34. The van der Waals surface area contributed by atoms with Crippen molar-refractivity contribution in [2.45, 2.75) is 13.8 Å². The van der Waals surface area contributed by atoms with Crippen LogP contribution < -0.4 is 9.80 Å².